The molecular formula is C16H31N. The van der Waals surface area contributed by atoms with Gasteiger partial charge >= 0.3 is 0 Å². The van der Waals surface area contributed by atoms with Gasteiger partial charge in [0.1, 0.15) is 0 Å². The van der Waals surface area contributed by atoms with Crippen LogP contribution in [0.2, 0.25) is 0 Å². The molecule has 1 atom stereocenters. The van der Waals surface area contributed by atoms with E-state index in [0.717, 1.165) is 18.4 Å². The first-order chi connectivity index (χ1) is 8.19. The Morgan fingerprint density at radius 1 is 1.24 bits per heavy atom. The van der Waals surface area contributed by atoms with Crippen LogP contribution >= 0.6 is 0 Å². The molecule has 0 aromatic heterocycles. The average molecular weight is 237 g/mol. The van der Waals surface area contributed by atoms with E-state index >= 15 is 0 Å². The molecule has 1 fully saturated rings. The molecule has 0 aromatic rings. The number of hydrogen-bond donors (Lipinski definition) is 1. The number of nitrogens with one attached hydrogen (secondary N) is 1. The van der Waals surface area contributed by atoms with Gasteiger partial charge in [0.25, 0.3) is 0 Å². The highest BCUT2D eigenvalue weighted by Gasteiger charge is 2.27. The Labute approximate surface area is 108 Å². The Bertz CT molecular complexity index is 214. The third-order valence-corrected chi connectivity index (χ3v) is 4.28. The van der Waals surface area contributed by atoms with E-state index in [0.29, 0.717) is 6.04 Å². The topological polar surface area (TPSA) is 12.0 Å². The highest BCUT2D eigenvalue weighted by Crippen LogP contribution is 2.34. The molecule has 0 radical (unpaired) electrons. The zero-order chi connectivity index (χ0) is 12.7. The van der Waals surface area contributed by atoms with Gasteiger partial charge in [-0.2, -0.15) is 0 Å². The molecule has 1 unspecified atom stereocenters. The molecule has 0 heterocycles. The van der Waals surface area contributed by atoms with Crippen molar-refractivity contribution in [1.29, 1.82) is 0 Å². The van der Waals surface area contributed by atoms with Crippen LogP contribution in [-0.4, -0.2) is 12.6 Å². The van der Waals surface area contributed by atoms with Gasteiger partial charge in [-0.25, -0.2) is 0 Å². The molecule has 1 rings (SSSR count). The Balaban J connectivity index is 2.36. The molecule has 1 saturated carbocycles. The van der Waals surface area contributed by atoms with Crippen LogP contribution in [0.1, 0.15) is 65.7 Å². The van der Waals surface area contributed by atoms with E-state index < -0.39 is 0 Å². The van der Waals surface area contributed by atoms with Gasteiger partial charge in [-0.3, -0.25) is 0 Å². The monoisotopic (exact) mass is 237 g/mol. The van der Waals surface area contributed by atoms with Crippen molar-refractivity contribution < 1.29 is 0 Å². The van der Waals surface area contributed by atoms with E-state index in [1.165, 1.54) is 50.5 Å². The fourth-order valence-electron chi connectivity index (χ4n) is 3.27. The van der Waals surface area contributed by atoms with Gasteiger partial charge in [0.15, 0.2) is 0 Å². The molecule has 1 N–H and O–H groups in total. The summed E-state index contributed by atoms with van der Waals surface area (Å²) < 4.78 is 0. The summed E-state index contributed by atoms with van der Waals surface area (Å²) >= 11 is 0. The highest BCUT2D eigenvalue weighted by atomic mass is 14.9. The van der Waals surface area contributed by atoms with Crippen molar-refractivity contribution in [3.05, 3.63) is 12.2 Å². The van der Waals surface area contributed by atoms with E-state index in [1.54, 1.807) is 0 Å². The number of hydrogen-bond acceptors (Lipinski definition) is 1. The average Bonchev–Trinajstić information content (AvgIpc) is 2.34. The number of likely N-dealkylation sites (N-methyl/N-ethyl adjacent to an activating group) is 1. The third kappa shape index (κ3) is 4.83. The van der Waals surface area contributed by atoms with E-state index in [4.69, 9.17) is 0 Å². The van der Waals surface area contributed by atoms with Crippen molar-refractivity contribution in [1.82, 2.24) is 5.32 Å². The van der Waals surface area contributed by atoms with Crippen LogP contribution < -0.4 is 5.32 Å². The van der Waals surface area contributed by atoms with Gasteiger partial charge in [-0.15, -0.1) is 0 Å². The molecule has 0 saturated heterocycles. The van der Waals surface area contributed by atoms with Gasteiger partial charge in [0.2, 0.25) is 0 Å². The largest absolute Gasteiger partial charge is 0.310 e. The van der Waals surface area contributed by atoms with Crippen LogP contribution in [0.4, 0.5) is 0 Å². The summed E-state index contributed by atoms with van der Waals surface area (Å²) in [4.78, 5) is 0. The van der Waals surface area contributed by atoms with Crippen LogP contribution in [0.25, 0.3) is 0 Å². The summed E-state index contributed by atoms with van der Waals surface area (Å²) in [7, 11) is 0. The highest BCUT2D eigenvalue weighted by molar-refractivity contribution is 5.05. The zero-order valence-corrected chi connectivity index (χ0v) is 12.1. The second-order valence-electron chi connectivity index (χ2n) is 5.80. The first kappa shape index (κ1) is 14.8. The molecule has 0 aliphatic heterocycles. The van der Waals surface area contributed by atoms with Crippen molar-refractivity contribution in [3.8, 4) is 0 Å². The lowest BCUT2D eigenvalue weighted by atomic mass is 9.75. The molecule has 0 bridgehead atoms. The fourth-order valence-corrected chi connectivity index (χ4v) is 3.27. The second kappa shape index (κ2) is 7.92. The Hall–Kier alpha value is -0.300. The van der Waals surface area contributed by atoms with E-state index in [-0.39, 0.29) is 0 Å². The van der Waals surface area contributed by atoms with Crippen molar-refractivity contribution in [2.75, 3.05) is 6.54 Å². The van der Waals surface area contributed by atoms with Crippen molar-refractivity contribution >= 4 is 0 Å². The minimum absolute atomic E-state index is 0.562. The molecule has 1 aliphatic carbocycles. The molecule has 17 heavy (non-hydrogen) atoms. The SMILES string of the molecule is C=C(C)C(NCC)C1CCC(CCCC)CC1. The lowest BCUT2D eigenvalue weighted by Gasteiger charge is -2.34. The summed E-state index contributed by atoms with van der Waals surface area (Å²) in [6.45, 7) is 11.9. The Kier molecular flexibility index (Phi) is 6.87. The Morgan fingerprint density at radius 3 is 2.35 bits per heavy atom. The minimum atomic E-state index is 0.562. The predicted molar refractivity (Wildman–Crippen MR) is 77.3 cm³/mol. The van der Waals surface area contributed by atoms with Crippen LogP contribution in [0.15, 0.2) is 12.2 Å². The zero-order valence-electron chi connectivity index (χ0n) is 12.1. The summed E-state index contributed by atoms with van der Waals surface area (Å²) in [5.74, 6) is 1.85. The normalized spacial score (nSPS) is 26.8. The molecule has 0 amide bonds. The van der Waals surface area contributed by atoms with Gasteiger partial charge in [0.05, 0.1) is 0 Å². The summed E-state index contributed by atoms with van der Waals surface area (Å²) in [6.07, 6.45) is 9.93. The van der Waals surface area contributed by atoms with E-state index in [1.807, 2.05) is 0 Å². The van der Waals surface area contributed by atoms with Crippen LogP contribution in [0.5, 0.6) is 0 Å². The minimum Gasteiger partial charge on any atom is -0.310 e. The molecule has 100 valence electrons. The van der Waals surface area contributed by atoms with Gasteiger partial charge in [-0.1, -0.05) is 58.1 Å². The maximum atomic E-state index is 4.16. The Morgan fingerprint density at radius 2 is 1.88 bits per heavy atom. The van der Waals surface area contributed by atoms with Gasteiger partial charge in [-0.05, 0) is 38.1 Å². The fraction of sp³-hybridized carbons (Fsp3) is 0.875. The number of unbranched alkanes of at least 4 members (excludes halogenated alkanes) is 1. The van der Waals surface area contributed by atoms with Crippen LogP contribution in [-0.2, 0) is 0 Å². The molecular weight excluding hydrogens is 206 g/mol. The molecule has 1 heteroatoms. The smallest absolute Gasteiger partial charge is 0.0302 e. The lowest BCUT2D eigenvalue weighted by Crippen LogP contribution is -2.38. The third-order valence-electron chi connectivity index (χ3n) is 4.28. The van der Waals surface area contributed by atoms with Crippen molar-refractivity contribution in [3.63, 3.8) is 0 Å². The maximum absolute atomic E-state index is 4.16. The second-order valence-corrected chi connectivity index (χ2v) is 5.80. The van der Waals surface area contributed by atoms with E-state index in [9.17, 15) is 0 Å². The van der Waals surface area contributed by atoms with Crippen LogP contribution in [0.3, 0.4) is 0 Å². The molecule has 1 nitrogen and oxygen atoms in total. The summed E-state index contributed by atoms with van der Waals surface area (Å²) in [5.41, 5.74) is 1.32. The summed E-state index contributed by atoms with van der Waals surface area (Å²) in [5, 5.41) is 3.61. The quantitative estimate of drug-likeness (QED) is 0.641. The lowest BCUT2D eigenvalue weighted by molar-refractivity contribution is 0.227. The maximum Gasteiger partial charge on any atom is 0.0302 e. The van der Waals surface area contributed by atoms with Crippen molar-refractivity contribution in [2.45, 2.75) is 71.8 Å². The van der Waals surface area contributed by atoms with Gasteiger partial charge in [0, 0.05) is 6.04 Å². The van der Waals surface area contributed by atoms with Crippen LogP contribution in [0, 0.1) is 11.8 Å². The standard InChI is InChI=1S/C16H31N/c1-5-7-8-14-9-11-15(12-10-14)16(13(3)4)17-6-2/h14-17H,3,5-12H2,1-2,4H3. The van der Waals surface area contributed by atoms with Crippen molar-refractivity contribution in [2.24, 2.45) is 11.8 Å². The first-order valence-corrected chi connectivity index (χ1v) is 7.57. The predicted octanol–water partition coefficient (Wildman–Crippen LogP) is 4.54. The van der Waals surface area contributed by atoms with E-state index in [2.05, 4.69) is 32.7 Å². The molecule has 1 aliphatic rings. The molecule has 0 spiro atoms. The molecule has 0 aromatic carbocycles. The first-order valence-electron chi connectivity index (χ1n) is 7.57. The van der Waals surface area contributed by atoms with Gasteiger partial charge < -0.3 is 5.32 Å². The number of rotatable bonds is 7. The summed E-state index contributed by atoms with van der Waals surface area (Å²) in [6, 6.07) is 0.562.